The van der Waals surface area contributed by atoms with Gasteiger partial charge in [0.15, 0.2) is 0 Å². The van der Waals surface area contributed by atoms with Crippen molar-refractivity contribution in [2.24, 2.45) is 5.92 Å². The van der Waals surface area contributed by atoms with Crippen LogP contribution in [0, 0.1) is 5.92 Å². The minimum atomic E-state index is -0.734. The molecular weight excluding hydrogens is 180 g/mol. The molecule has 0 bridgehead atoms. The van der Waals surface area contributed by atoms with Crippen molar-refractivity contribution in [3.05, 3.63) is 0 Å². The monoisotopic (exact) mass is 198 g/mol. The van der Waals surface area contributed by atoms with Crippen molar-refractivity contribution in [1.29, 1.82) is 0 Å². The SMILES string of the molecule is CC(C)C1NC(=O)C(C)(C)N(C)C1=O. The number of piperazine rings is 1. The van der Waals surface area contributed by atoms with Gasteiger partial charge in [0, 0.05) is 7.05 Å². The van der Waals surface area contributed by atoms with Gasteiger partial charge in [0.25, 0.3) is 0 Å². The van der Waals surface area contributed by atoms with Crippen molar-refractivity contribution < 1.29 is 9.59 Å². The van der Waals surface area contributed by atoms with Crippen molar-refractivity contribution in [2.75, 3.05) is 7.05 Å². The molecule has 0 aromatic carbocycles. The van der Waals surface area contributed by atoms with Crippen molar-refractivity contribution in [3.63, 3.8) is 0 Å². The van der Waals surface area contributed by atoms with E-state index in [1.807, 2.05) is 13.8 Å². The highest BCUT2D eigenvalue weighted by Gasteiger charge is 2.44. The van der Waals surface area contributed by atoms with Gasteiger partial charge in [-0.2, -0.15) is 0 Å². The fourth-order valence-electron chi connectivity index (χ4n) is 1.47. The molecule has 1 aliphatic heterocycles. The lowest BCUT2D eigenvalue weighted by atomic mass is 9.92. The van der Waals surface area contributed by atoms with Gasteiger partial charge in [0.05, 0.1) is 0 Å². The number of carbonyl (C=O) groups is 2. The highest BCUT2D eigenvalue weighted by Crippen LogP contribution is 2.21. The summed E-state index contributed by atoms with van der Waals surface area (Å²) in [5.41, 5.74) is -0.734. The lowest BCUT2D eigenvalue weighted by molar-refractivity contribution is -0.154. The predicted octanol–water partition coefficient (Wildman–Crippen LogP) is 0.378. The van der Waals surface area contributed by atoms with Gasteiger partial charge in [0.2, 0.25) is 11.8 Å². The van der Waals surface area contributed by atoms with Crippen LogP contribution in [0.2, 0.25) is 0 Å². The Hall–Kier alpha value is -1.06. The molecule has 80 valence electrons. The first-order chi connectivity index (χ1) is 6.28. The molecule has 0 spiro atoms. The first-order valence-corrected chi connectivity index (χ1v) is 4.87. The molecule has 1 N–H and O–H groups in total. The predicted molar refractivity (Wildman–Crippen MR) is 53.6 cm³/mol. The van der Waals surface area contributed by atoms with Gasteiger partial charge in [0.1, 0.15) is 11.6 Å². The maximum absolute atomic E-state index is 11.8. The molecule has 14 heavy (non-hydrogen) atoms. The Bertz CT molecular complexity index is 267. The van der Waals surface area contributed by atoms with E-state index in [1.54, 1.807) is 20.9 Å². The van der Waals surface area contributed by atoms with Gasteiger partial charge < -0.3 is 10.2 Å². The van der Waals surface area contributed by atoms with Crippen LogP contribution in [0.1, 0.15) is 27.7 Å². The highest BCUT2D eigenvalue weighted by atomic mass is 16.2. The van der Waals surface area contributed by atoms with E-state index in [2.05, 4.69) is 5.32 Å². The number of amides is 2. The standard InChI is InChI=1S/C10H18N2O2/c1-6(2)7-8(13)12(5)10(3,4)9(14)11-7/h6-7H,1-5H3,(H,11,14). The second-order valence-corrected chi connectivity index (χ2v) is 4.65. The molecule has 4 heteroatoms. The molecule has 4 nitrogen and oxygen atoms in total. The number of likely N-dealkylation sites (N-methyl/N-ethyl adjacent to an activating group) is 1. The van der Waals surface area contributed by atoms with Crippen LogP contribution in [0.15, 0.2) is 0 Å². The Morgan fingerprint density at radius 2 is 1.86 bits per heavy atom. The zero-order chi connectivity index (χ0) is 11.1. The quantitative estimate of drug-likeness (QED) is 0.662. The summed E-state index contributed by atoms with van der Waals surface area (Å²) >= 11 is 0. The lowest BCUT2D eigenvalue weighted by Gasteiger charge is -2.43. The summed E-state index contributed by atoms with van der Waals surface area (Å²) < 4.78 is 0. The van der Waals surface area contributed by atoms with E-state index in [4.69, 9.17) is 0 Å². The van der Waals surface area contributed by atoms with Gasteiger partial charge in [-0.15, -0.1) is 0 Å². The zero-order valence-corrected chi connectivity index (χ0v) is 9.42. The minimum absolute atomic E-state index is 0.00963. The van der Waals surface area contributed by atoms with Gasteiger partial charge in [-0.05, 0) is 19.8 Å². The maximum Gasteiger partial charge on any atom is 0.246 e. The Kier molecular flexibility index (Phi) is 2.56. The van der Waals surface area contributed by atoms with E-state index in [0.29, 0.717) is 0 Å². The van der Waals surface area contributed by atoms with Gasteiger partial charge in [-0.3, -0.25) is 9.59 Å². The largest absolute Gasteiger partial charge is 0.342 e. The van der Waals surface area contributed by atoms with Crippen LogP contribution in [-0.2, 0) is 9.59 Å². The average Bonchev–Trinajstić information content (AvgIpc) is 2.08. The summed E-state index contributed by atoms with van der Waals surface area (Å²) in [4.78, 5) is 25.0. The summed E-state index contributed by atoms with van der Waals surface area (Å²) in [6.45, 7) is 7.34. The number of hydrogen-bond acceptors (Lipinski definition) is 2. The molecule has 2 amide bonds. The summed E-state index contributed by atoms with van der Waals surface area (Å²) in [5.74, 6) is 0.0351. The first kappa shape index (κ1) is 11.0. The molecule has 0 radical (unpaired) electrons. The number of hydrogen-bond donors (Lipinski definition) is 1. The second-order valence-electron chi connectivity index (χ2n) is 4.65. The summed E-state index contributed by atoms with van der Waals surface area (Å²) in [7, 11) is 1.68. The van der Waals surface area contributed by atoms with E-state index < -0.39 is 5.54 Å². The third kappa shape index (κ3) is 1.49. The topological polar surface area (TPSA) is 49.4 Å². The maximum atomic E-state index is 11.8. The van der Waals surface area contributed by atoms with Gasteiger partial charge in [-0.1, -0.05) is 13.8 Å². The summed E-state index contributed by atoms with van der Waals surface area (Å²) in [5, 5.41) is 2.76. The number of nitrogens with zero attached hydrogens (tertiary/aromatic N) is 1. The molecule has 1 unspecified atom stereocenters. The van der Waals surface area contributed by atoms with Gasteiger partial charge >= 0.3 is 0 Å². The van der Waals surface area contributed by atoms with Crippen LogP contribution in [0.5, 0.6) is 0 Å². The van der Waals surface area contributed by atoms with Crippen molar-refractivity contribution in [2.45, 2.75) is 39.3 Å². The van der Waals surface area contributed by atoms with Crippen molar-refractivity contribution in [3.8, 4) is 0 Å². The van der Waals surface area contributed by atoms with Crippen LogP contribution in [0.3, 0.4) is 0 Å². The van der Waals surface area contributed by atoms with E-state index in [0.717, 1.165) is 0 Å². The van der Waals surface area contributed by atoms with Crippen LogP contribution < -0.4 is 5.32 Å². The summed E-state index contributed by atoms with van der Waals surface area (Å²) in [6.07, 6.45) is 0. The number of carbonyl (C=O) groups excluding carboxylic acids is 2. The van der Waals surface area contributed by atoms with E-state index in [1.165, 1.54) is 4.90 Å². The van der Waals surface area contributed by atoms with Crippen LogP contribution in [0.25, 0.3) is 0 Å². The average molecular weight is 198 g/mol. The van der Waals surface area contributed by atoms with E-state index in [-0.39, 0.29) is 23.8 Å². The van der Waals surface area contributed by atoms with E-state index >= 15 is 0 Å². The molecule has 1 fully saturated rings. The molecule has 0 aromatic rings. The van der Waals surface area contributed by atoms with Crippen LogP contribution in [-0.4, -0.2) is 35.3 Å². The number of rotatable bonds is 1. The van der Waals surface area contributed by atoms with E-state index in [9.17, 15) is 9.59 Å². The molecule has 0 saturated carbocycles. The third-order valence-corrected chi connectivity index (χ3v) is 2.94. The third-order valence-electron chi connectivity index (χ3n) is 2.94. The first-order valence-electron chi connectivity index (χ1n) is 4.87. The molecule has 1 saturated heterocycles. The lowest BCUT2D eigenvalue weighted by Crippen LogP contribution is -2.68. The second kappa shape index (κ2) is 3.26. The molecular formula is C10H18N2O2. The molecule has 0 aliphatic carbocycles. The van der Waals surface area contributed by atoms with Crippen LogP contribution >= 0.6 is 0 Å². The fraction of sp³-hybridized carbons (Fsp3) is 0.800. The van der Waals surface area contributed by atoms with Crippen LogP contribution in [0.4, 0.5) is 0 Å². The molecule has 1 atom stereocenters. The Morgan fingerprint density at radius 1 is 1.36 bits per heavy atom. The molecule has 0 aromatic heterocycles. The summed E-state index contributed by atoms with van der Waals surface area (Å²) in [6, 6.07) is -0.375. The normalized spacial score (nSPS) is 26.7. The van der Waals surface area contributed by atoms with Gasteiger partial charge in [-0.25, -0.2) is 0 Å². The van der Waals surface area contributed by atoms with Crippen molar-refractivity contribution in [1.82, 2.24) is 10.2 Å². The molecule has 1 heterocycles. The Labute approximate surface area is 84.7 Å². The highest BCUT2D eigenvalue weighted by molar-refractivity contribution is 5.99. The number of nitrogens with one attached hydrogen (secondary N) is 1. The minimum Gasteiger partial charge on any atom is -0.342 e. The Balaban J connectivity index is 2.96. The Morgan fingerprint density at radius 3 is 2.29 bits per heavy atom. The molecule has 1 aliphatic rings. The molecule has 1 rings (SSSR count). The smallest absolute Gasteiger partial charge is 0.246 e. The fourth-order valence-corrected chi connectivity index (χ4v) is 1.47. The van der Waals surface area contributed by atoms with Crippen molar-refractivity contribution >= 4 is 11.8 Å². The zero-order valence-electron chi connectivity index (χ0n) is 9.42.